The topological polar surface area (TPSA) is 72.2 Å². The first-order chi connectivity index (χ1) is 10.1. The van der Waals surface area contributed by atoms with Gasteiger partial charge in [-0.1, -0.05) is 60.7 Å². The Labute approximate surface area is 123 Å². The standard InChI is InChI=1S/C16H14N2O2S/c17-18-21(19,20)16-11-4-3-9-15(16)14-10-5-7-12-6-1-2-8-13(12)14/h1-11,18H,17H2. The maximum atomic E-state index is 12.1. The summed E-state index contributed by atoms with van der Waals surface area (Å²) in [5, 5.41) is 2.06. The largest absolute Gasteiger partial charge is 0.257 e. The average Bonchev–Trinajstić information content (AvgIpc) is 2.54. The van der Waals surface area contributed by atoms with Gasteiger partial charge in [0.1, 0.15) is 0 Å². The van der Waals surface area contributed by atoms with E-state index in [4.69, 9.17) is 5.84 Å². The number of hydrazine groups is 1. The predicted molar refractivity (Wildman–Crippen MR) is 83.9 cm³/mol. The predicted octanol–water partition coefficient (Wildman–Crippen LogP) is 2.66. The highest BCUT2D eigenvalue weighted by atomic mass is 32.2. The third-order valence-corrected chi connectivity index (χ3v) is 4.66. The number of nitrogens with two attached hydrogens (primary N) is 1. The molecule has 0 unspecified atom stereocenters. The Balaban J connectivity index is 2.35. The number of hydrogen-bond donors (Lipinski definition) is 2. The maximum absolute atomic E-state index is 12.1. The normalized spacial score (nSPS) is 11.7. The molecule has 0 saturated heterocycles. The van der Waals surface area contributed by atoms with Crippen molar-refractivity contribution in [2.45, 2.75) is 4.90 Å². The van der Waals surface area contributed by atoms with Crippen molar-refractivity contribution >= 4 is 20.8 Å². The second-order valence-corrected chi connectivity index (χ2v) is 6.33. The number of sulfonamides is 1. The molecule has 3 rings (SSSR count). The molecular weight excluding hydrogens is 284 g/mol. The van der Waals surface area contributed by atoms with E-state index < -0.39 is 10.0 Å². The van der Waals surface area contributed by atoms with Crippen LogP contribution in [0, 0.1) is 0 Å². The molecular formula is C16H14N2O2S. The van der Waals surface area contributed by atoms with Crippen LogP contribution in [0.5, 0.6) is 0 Å². The SMILES string of the molecule is NNS(=O)(=O)c1ccccc1-c1cccc2ccccc12. The van der Waals surface area contributed by atoms with Gasteiger partial charge in [0.25, 0.3) is 10.0 Å². The van der Waals surface area contributed by atoms with Crippen LogP contribution in [-0.4, -0.2) is 8.42 Å². The second kappa shape index (κ2) is 5.29. The van der Waals surface area contributed by atoms with Crippen LogP contribution >= 0.6 is 0 Å². The number of rotatable bonds is 3. The molecule has 4 nitrogen and oxygen atoms in total. The third-order valence-electron chi connectivity index (χ3n) is 3.41. The molecule has 0 fully saturated rings. The van der Waals surface area contributed by atoms with E-state index in [0.29, 0.717) is 5.56 Å². The summed E-state index contributed by atoms with van der Waals surface area (Å²) in [7, 11) is -3.72. The lowest BCUT2D eigenvalue weighted by Gasteiger charge is -2.12. The Kier molecular flexibility index (Phi) is 3.47. The zero-order valence-electron chi connectivity index (χ0n) is 11.2. The number of hydrogen-bond acceptors (Lipinski definition) is 3. The molecule has 0 heterocycles. The lowest BCUT2D eigenvalue weighted by molar-refractivity contribution is 0.584. The van der Waals surface area contributed by atoms with Gasteiger partial charge >= 0.3 is 0 Å². The summed E-state index contributed by atoms with van der Waals surface area (Å²) in [5.74, 6) is 5.16. The van der Waals surface area contributed by atoms with E-state index in [1.165, 1.54) is 0 Å². The molecule has 3 aromatic carbocycles. The molecule has 106 valence electrons. The summed E-state index contributed by atoms with van der Waals surface area (Å²) in [6, 6.07) is 20.5. The summed E-state index contributed by atoms with van der Waals surface area (Å²) < 4.78 is 24.2. The van der Waals surface area contributed by atoms with Crippen molar-refractivity contribution in [3.63, 3.8) is 0 Å². The molecule has 3 N–H and O–H groups in total. The molecule has 0 radical (unpaired) electrons. The van der Waals surface area contributed by atoms with Gasteiger partial charge in [-0.2, -0.15) is 4.83 Å². The minimum Gasteiger partial charge on any atom is -0.257 e. The first-order valence-corrected chi connectivity index (χ1v) is 7.91. The fraction of sp³-hybridized carbons (Fsp3) is 0. The van der Waals surface area contributed by atoms with Crippen LogP contribution in [0.4, 0.5) is 0 Å². The highest BCUT2D eigenvalue weighted by Gasteiger charge is 2.18. The van der Waals surface area contributed by atoms with Gasteiger partial charge < -0.3 is 0 Å². The molecule has 0 atom stereocenters. The Hall–Kier alpha value is -2.21. The van der Waals surface area contributed by atoms with Crippen LogP contribution in [0.15, 0.2) is 71.6 Å². The third kappa shape index (κ3) is 2.42. The van der Waals surface area contributed by atoms with Crippen molar-refractivity contribution in [3.05, 3.63) is 66.7 Å². The summed E-state index contributed by atoms with van der Waals surface area (Å²) in [6.45, 7) is 0. The lowest BCUT2D eigenvalue weighted by atomic mass is 9.98. The molecule has 5 heteroatoms. The Bertz CT molecular complexity index is 900. The smallest absolute Gasteiger partial charge is 0.253 e. The zero-order chi connectivity index (χ0) is 14.9. The van der Waals surface area contributed by atoms with E-state index in [1.807, 2.05) is 53.4 Å². The van der Waals surface area contributed by atoms with Crippen LogP contribution in [0.3, 0.4) is 0 Å². The van der Waals surface area contributed by atoms with E-state index in [2.05, 4.69) is 0 Å². The molecule has 21 heavy (non-hydrogen) atoms. The fourth-order valence-corrected chi connectivity index (χ4v) is 3.30. The highest BCUT2D eigenvalue weighted by molar-refractivity contribution is 7.89. The average molecular weight is 298 g/mol. The number of benzene rings is 3. The minimum absolute atomic E-state index is 0.170. The van der Waals surface area contributed by atoms with Crippen LogP contribution in [0.25, 0.3) is 21.9 Å². The number of fused-ring (bicyclic) bond motifs is 1. The molecule has 0 spiro atoms. The van der Waals surface area contributed by atoms with Gasteiger partial charge in [0.05, 0.1) is 4.90 Å². The first-order valence-electron chi connectivity index (χ1n) is 6.43. The number of nitrogens with one attached hydrogen (secondary N) is 1. The van der Waals surface area contributed by atoms with Crippen LogP contribution in [0.2, 0.25) is 0 Å². The van der Waals surface area contributed by atoms with Crippen molar-refractivity contribution < 1.29 is 8.42 Å². The van der Waals surface area contributed by atoms with E-state index in [0.717, 1.165) is 16.3 Å². The molecule has 0 saturated carbocycles. The Morgan fingerprint density at radius 3 is 2.19 bits per heavy atom. The summed E-state index contributed by atoms with van der Waals surface area (Å²) in [5.41, 5.74) is 1.50. The molecule has 3 aromatic rings. The molecule has 0 amide bonds. The van der Waals surface area contributed by atoms with Crippen LogP contribution < -0.4 is 10.7 Å². The highest BCUT2D eigenvalue weighted by Crippen LogP contribution is 2.32. The fourth-order valence-electron chi connectivity index (χ4n) is 2.45. The molecule has 0 bridgehead atoms. The minimum atomic E-state index is -3.72. The van der Waals surface area contributed by atoms with Crippen molar-refractivity contribution in [2.24, 2.45) is 5.84 Å². The summed E-state index contributed by atoms with van der Waals surface area (Å²) >= 11 is 0. The lowest BCUT2D eigenvalue weighted by Crippen LogP contribution is -2.30. The van der Waals surface area contributed by atoms with E-state index in [1.54, 1.807) is 18.2 Å². The van der Waals surface area contributed by atoms with Crippen LogP contribution in [-0.2, 0) is 10.0 Å². The van der Waals surface area contributed by atoms with E-state index in [-0.39, 0.29) is 4.90 Å². The van der Waals surface area contributed by atoms with Gasteiger partial charge in [-0.3, -0.25) is 5.84 Å². The molecule has 0 aliphatic rings. The molecule has 0 aliphatic carbocycles. The van der Waals surface area contributed by atoms with Crippen molar-refractivity contribution in [1.82, 2.24) is 4.83 Å². The van der Waals surface area contributed by atoms with Crippen molar-refractivity contribution in [3.8, 4) is 11.1 Å². The Morgan fingerprint density at radius 1 is 0.762 bits per heavy atom. The monoisotopic (exact) mass is 298 g/mol. The molecule has 0 aliphatic heterocycles. The van der Waals surface area contributed by atoms with Crippen molar-refractivity contribution in [2.75, 3.05) is 0 Å². The summed E-state index contributed by atoms with van der Waals surface area (Å²) in [6.07, 6.45) is 0. The first kappa shape index (κ1) is 13.8. The Morgan fingerprint density at radius 2 is 1.38 bits per heavy atom. The summed E-state index contributed by atoms with van der Waals surface area (Å²) in [4.78, 5) is 2.06. The van der Waals surface area contributed by atoms with Gasteiger partial charge in [-0.05, 0) is 22.4 Å². The zero-order valence-corrected chi connectivity index (χ0v) is 12.0. The van der Waals surface area contributed by atoms with E-state index >= 15 is 0 Å². The van der Waals surface area contributed by atoms with Gasteiger partial charge in [-0.25, -0.2) is 8.42 Å². The quantitative estimate of drug-likeness (QED) is 0.577. The van der Waals surface area contributed by atoms with Gasteiger partial charge in [0.2, 0.25) is 0 Å². The molecule has 0 aromatic heterocycles. The maximum Gasteiger partial charge on any atom is 0.253 e. The van der Waals surface area contributed by atoms with Crippen molar-refractivity contribution in [1.29, 1.82) is 0 Å². The van der Waals surface area contributed by atoms with E-state index in [9.17, 15) is 8.42 Å². The van der Waals surface area contributed by atoms with Gasteiger partial charge in [0.15, 0.2) is 0 Å². The van der Waals surface area contributed by atoms with Gasteiger partial charge in [-0.15, -0.1) is 0 Å². The van der Waals surface area contributed by atoms with Crippen LogP contribution in [0.1, 0.15) is 0 Å². The second-order valence-electron chi connectivity index (χ2n) is 4.64. The van der Waals surface area contributed by atoms with Gasteiger partial charge in [0, 0.05) is 5.56 Å².